The van der Waals surface area contributed by atoms with Crippen molar-refractivity contribution in [2.75, 3.05) is 26.2 Å². The molecule has 0 spiro atoms. The first-order valence-electron chi connectivity index (χ1n) is 10.4. The van der Waals surface area contributed by atoms with E-state index in [1.165, 1.54) is 11.8 Å². The first kappa shape index (κ1) is 22.5. The number of para-hydroxylation sites is 1. The number of rotatable bonds is 4. The molecule has 170 valence electrons. The Morgan fingerprint density at radius 3 is 2.24 bits per heavy atom. The number of halogens is 1. The van der Waals surface area contributed by atoms with Gasteiger partial charge in [-0.05, 0) is 29.8 Å². The molecule has 9 nitrogen and oxygen atoms in total. The summed E-state index contributed by atoms with van der Waals surface area (Å²) in [5, 5.41) is 4.63. The predicted molar refractivity (Wildman–Crippen MR) is 123 cm³/mol. The Balaban J connectivity index is 1.78. The van der Waals surface area contributed by atoms with E-state index >= 15 is 0 Å². The highest BCUT2D eigenvalue weighted by Crippen LogP contribution is 2.12. The average Bonchev–Trinajstić information content (AvgIpc) is 2.82. The quantitative estimate of drug-likeness (QED) is 0.577. The second-order valence-electron chi connectivity index (χ2n) is 7.70. The van der Waals surface area contributed by atoms with E-state index in [0.717, 1.165) is 9.25 Å². The summed E-state index contributed by atoms with van der Waals surface area (Å²) in [6.07, 6.45) is 0. The summed E-state index contributed by atoms with van der Waals surface area (Å²) in [6, 6.07) is 15.4. The van der Waals surface area contributed by atoms with E-state index < -0.39 is 17.2 Å². The van der Waals surface area contributed by atoms with Crippen LogP contribution < -0.4 is 11.2 Å². The molecule has 1 saturated heterocycles. The predicted octanol–water partition coefficient (Wildman–Crippen LogP) is 1.40. The lowest BCUT2D eigenvalue weighted by Gasteiger charge is -2.33. The molecule has 10 heteroatoms. The molecule has 4 rings (SSSR count). The molecular formula is C23H22ClN5O4. The molecule has 2 aromatic carbocycles. The molecule has 3 aromatic rings. The zero-order chi connectivity index (χ0) is 23.5. The van der Waals surface area contributed by atoms with Crippen LogP contribution in [-0.4, -0.2) is 62.1 Å². The minimum Gasteiger partial charge on any atom is -0.339 e. The van der Waals surface area contributed by atoms with E-state index in [0.29, 0.717) is 29.4 Å². The van der Waals surface area contributed by atoms with Gasteiger partial charge in [-0.2, -0.15) is 9.78 Å². The number of nitrogens with zero attached hydrogens (tertiary/aromatic N) is 5. The normalized spacial score (nSPS) is 13.8. The third-order valence-electron chi connectivity index (χ3n) is 5.51. The van der Waals surface area contributed by atoms with E-state index in [1.54, 1.807) is 59.5 Å². The van der Waals surface area contributed by atoms with Gasteiger partial charge in [0.1, 0.15) is 0 Å². The Bertz CT molecular complexity index is 1310. The SMILES string of the molecule is CC(=O)N1CCN(C(=O)c2nn(-c3ccccc3)c(=O)n(Cc3cccc(Cl)c3)c2=O)CC1. The highest BCUT2D eigenvalue weighted by atomic mass is 35.5. The maximum Gasteiger partial charge on any atom is 0.352 e. The van der Waals surface area contributed by atoms with Crippen LogP contribution in [0.2, 0.25) is 5.02 Å². The summed E-state index contributed by atoms with van der Waals surface area (Å²) in [6.45, 7) is 2.71. The van der Waals surface area contributed by atoms with E-state index in [-0.39, 0.29) is 31.2 Å². The van der Waals surface area contributed by atoms with Crippen molar-refractivity contribution in [1.29, 1.82) is 0 Å². The van der Waals surface area contributed by atoms with Crippen LogP contribution in [0.5, 0.6) is 0 Å². The third kappa shape index (κ3) is 4.73. The van der Waals surface area contributed by atoms with Crippen LogP contribution in [0.3, 0.4) is 0 Å². The van der Waals surface area contributed by atoms with Crippen LogP contribution in [0.15, 0.2) is 64.2 Å². The summed E-state index contributed by atoms with van der Waals surface area (Å²) < 4.78 is 2.05. The first-order chi connectivity index (χ1) is 15.8. The van der Waals surface area contributed by atoms with Gasteiger partial charge in [0, 0.05) is 38.1 Å². The topological polar surface area (TPSA) is 97.5 Å². The molecule has 0 atom stereocenters. The zero-order valence-electron chi connectivity index (χ0n) is 18.0. The van der Waals surface area contributed by atoms with Crippen molar-refractivity contribution in [1.82, 2.24) is 24.1 Å². The molecule has 1 aliphatic rings. The molecule has 1 fully saturated rings. The van der Waals surface area contributed by atoms with Crippen molar-refractivity contribution >= 4 is 23.4 Å². The third-order valence-corrected chi connectivity index (χ3v) is 5.74. The summed E-state index contributed by atoms with van der Waals surface area (Å²) in [7, 11) is 0. The van der Waals surface area contributed by atoms with Crippen LogP contribution in [0.25, 0.3) is 5.69 Å². The monoisotopic (exact) mass is 467 g/mol. The highest BCUT2D eigenvalue weighted by molar-refractivity contribution is 6.30. The second kappa shape index (κ2) is 9.41. The standard InChI is InChI=1S/C23H22ClN5O4/c1-16(30)26-10-12-27(13-11-26)21(31)20-22(32)28(15-17-6-5-7-18(24)14-17)23(33)29(25-20)19-8-3-2-4-9-19/h2-9,14H,10-13,15H2,1H3. The molecule has 2 heterocycles. The number of amides is 2. The van der Waals surface area contributed by atoms with Gasteiger partial charge >= 0.3 is 5.69 Å². The van der Waals surface area contributed by atoms with E-state index in [9.17, 15) is 19.2 Å². The minimum absolute atomic E-state index is 0.0635. The van der Waals surface area contributed by atoms with Gasteiger partial charge in [0.05, 0.1) is 12.2 Å². The molecular weight excluding hydrogens is 446 g/mol. The van der Waals surface area contributed by atoms with Crippen LogP contribution in [-0.2, 0) is 11.3 Å². The molecule has 0 unspecified atom stereocenters. The van der Waals surface area contributed by atoms with Crippen molar-refractivity contribution < 1.29 is 9.59 Å². The zero-order valence-corrected chi connectivity index (χ0v) is 18.7. The summed E-state index contributed by atoms with van der Waals surface area (Å²) >= 11 is 6.06. The largest absolute Gasteiger partial charge is 0.352 e. The van der Waals surface area contributed by atoms with E-state index in [2.05, 4.69) is 5.10 Å². The maximum absolute atomic E-state index is 13.3. The van der Waals surface area contributed by atoms with Crippen molar-refractivity contribution in [3.8, 4) is 5.69 Å². The van der Waals surface area contributed by atoms with Crippen LogP contribution >= 0.6 is 11.6 Å². The van der Waals surface area contributed by atoms with Gasteiger partial charge < -0.3 is 9.80 Å². The summed E-state index contributed by atoms with van der Waals surface area (Å²) in [5.41, 5.74) is -0.717. The van der Waals surface area contributed by atoms with Crippen molar-refractivity contribution in [2.24, 2.45) is 0 Å². The Morgan fingerprint density at radius 2 is 1.61 bits per heavy atom. The molecule has 2 amide bonds. The molecule has 1 aliphatic heterocycles. The van der Waals surface area contributed by atoms with Gasteiger partial charge in [-0.25, -0.2) is 4.79 Å². The fourth-order valence-corrected chi connectivity index (χ4v) is 3.93. The van der Waals surface area contributed by atoms with E-state index in [1.807, 2.05) is 0 Å². The van der Waals surface area contributed by atoms with Crippen molar-refractivity contribution in [3.05, 3.63) is 91.7 Å². The number of carbonyl (C=O) groups is 2. The fourth-order valence-electron chi connectivity index (χ4n) is 3.72. The van der Waals surface area contributed by atoms with Crippen molar-refractivity contribution in [3.63, 3.8) is 0 Å². The van der Waals surface area contributed by atoms with Gasteiger partial charge in [0.15, 0.2) is 0 Å². The molecule has 0 saturated carbocycles. The molecule has 0 N–H and O–H groups in total. The van der Waals surface area contributed by atoms with Gasteiger partial charge in [0.25, 0.3) is 11.5 Å². The number of hydrogen-bond donors (Lipinski definition) is 0. The molecule has 0 bridgehead atoms. The number of benzene rings is 2. The van der Waals surface area contributed by atoms with Gasteiger partial charge in [-0.1, -0.05) is 41.9 Å². The Kier molecular flexibility index (Phi) is 6.41. The Labute approximate surface area is 194 Å². The van der Waals surface area contributed by atoms with Crippen molar-refractivity contribution in [2.45, 2.75) is 13.5 Å². The lowest BCUT2D eigenvalue weighted by molar-refractivity contribution is -0.130. The molecule has 1 aromatic heterocycles. The van der Waals surface area contributed by atoms with Crippen LogP contribution in [0.4, 0.5) is 0 Å². The Morgan fingerprint density at radius 1 is 0.939 bits per heavy atom. The lowest BCUT2D eigenvalue weighted by atomic mass is 10.2. The number of carbonyl (C=O) groups excluding carboxylic acids is 2. The van der Waals surface area contributed by atoms with Gasteiger partial charge in [-0.3, -0.25) is 19.0 Å². The summed E-state index contributed by atoms with van der Waals surface area (Å²) in [4.78, 5) is 54.4. The summed E-state index contributed by atoms with van der Waals surface area (Å²) in [5.74, 6) is -0.644. The number of aromatic nitrogens is 3. The number of piperazine rings is 1. The first-order valence-corrected chi connectivity index (χ1v) is 10.8. The highest BCUT2D eigenvalue weighted by Gasteiger charge is 2.28. The van der Waals surface area contributed by atoms with Gasteiger partial charge in [0.2, 0.25) is 11.6 Å². The molecule has 0 aliphatic carbocycles. The smallest absolute Gasteiger partial charge is 0.339 e. The lowest BCUT2D eigenvalue weighted by Crippen LogP contribution is -2.52. The Hall–Kier alpha value is -3.72. The number of hydrogen-bond acceptors (Lipinski definition) is 5. The average molecular weight is 468 g/mol. The molecule has 0 radical (unpaired) electrons. The minimum atomic E-state index is -0.772. The van der Waals surface area contributed by atoms with E-state index in [4.69, 9.17) is 11.6 Å². The van der Waals surface area contributed by atoms with Crippen LogP contribution in [0.1, 0.15) is 23.0 Å². The fraction of sp³-hybridized carbons (Fsp3) is 0.261. The van der Waals surface area contributed by atoms with Crippen LogP contribution in [0, 0.1) is 0 Å². The molecule has 33 heavy (non-hydrogen) atoms. The maximum atomic E-state index is 13.3. The second-order valence-corrected chi connectivity index (χ2v) is 8.13. The van der Waals surface area contributed by atoms with Gasteiger partial charge in [-0.15, -0.1) is 0 Å².